The summed E-state index contributed by atoms with van der Waals surface area (Å²) < 4.78 is 0. The number of carboxylic acid groups (broad SMARTS) is 2. The number of benzene rings is 1. The quantitative estimate of drug-likeness (QED) is 0.136. The number of amides is 4. The van der Waals surface area contributed by atoms with Crippen molar-refractivity contribution in [2.45, 2.75) is 63.2 Å². The second-order valence-corrected chi connectivity index (χ2v) is 8.81. The number of para-hydroxylation sites is 1. The number of H-pyrrole nitrogens is 1. The minimum atomic E-state index is -1.37. The van der Waals surface area contributed by atoms with E-state index >= 15 is 0 Å². The van der Waals surface area contributed by atoms with E-state index in [1.807, 2.05) is 12.1 Å². The van der Waals surface area contributed by atoms with Crippen molar-refractivity contribution in [3.63, 3.8) is 0 Å². The molecule has 1 aromatic carbocycles. The zero-order valence-electron chi connectivity index (χ0n) is 20.7. The monoisotopic (exact) mass is 532 g/mol. The molecule has 2 rings (SSSR count). The molecule has 2 aromatic rings. The van der Waals surface area contributed by atoms with Crippen LogP contribution < -0.4 is 27.4 Å². The molecule has 0 spiro atoms. The Morgan fingerprint density at radius 2 is 1.53 bits per heavy atom. The van der Waals surface area contributed by atoms with E-state index in [0.717, 1.165) is 10.9 Å². The number of aromatic nitrogens is 1. The van der Waals surface area contributed by atoms with E-state index in [2.05, 4.69) is 20.9 Å². The lowest BCUT2D eigenvalue weighted by molar-refractivity contribution is -0.143. The van der Waals surface area contributed by atoms with Crippen molar-refractivity contribution in [1.82, 2.24) is 20.9 Å². The SMILES string of the molecule is C[C@H](N)C(=O)N[C@H](CCC(=O)N[C@@H](CCC(=O)O)C(=O)N[C@@H](Cc1c[nH]c2ccccc12)C(=O)O)C(N)=O. The number of aliphatic carboxylic acids is 2. The van der Waals surface area contributed by atoms with Crippen molar-refractivity contribution in [3.8, 4) is 0 Å². The minimum Gasteiger partial charge on any atom is -0.481 e. The Hall–Kier alpha value is -4.46. The number of primary amides is 1. The largest absolute Gasteiger partial charge is 0.481 e. The van der Waals surface area contributed by atoms with Crippen molar-refractivity contribution in [2.75, 3.05) is 0 Å². The summed E-state index contributed by atoms with van der Waals surface area (Å²) in [5.74, 6) is -5.71. The van der Waals surface area contributed by atoms with Gasteiger partial charge >= 0.3 is 11.9 Å². The molecule has 0 aliphatic heterocycles. The smallest absolute Gasteiger partial charge is 0.326 e. The van der Waals surface area contributed by atoms with E-state index in [1.165, 1.54) is 6.92 Å². The van der Waals surface area contributed by atoms with Crippen LogP contribution >= 0.6 is 0 Å². The van der Waals surface area contributed by atoms with Crippen LogP contribution in [-0.2, 0) is 35.2 Å². The van der Waals surface area contributed by atoms with Crippen LogP contribution in [0.15, 0.2) is 30.5 Å². The molecule has 0 radical (unpaired) electrons. The normalized spacial score (nSPS) is 14.1. The summed E-state index contributed by atoms with van der Waals surface area (Å²) in [7, 11) is 0. The maximum absolute atomic E-state index is 12.9. The fraction of sp³-hybridized carbons (Fsp3) is 0.417. The number of carbonyl (C=O) groups excluding carboxylic acids is 4. The van der Waals surface area contributed by atoms with Gasteiger partial charge in [0.15, 0.2) is 0 Å². The van der Waals surface area contributed by atoms with Crippen LogP contribution in [0.25, 0.3) is 10.9 Å². The number of carbonyl (C=O) groups is 6. The highest BCUT2D eigenvalue weighted by molar-refractivity contribution is 5.92. The Morgan fingerprint density at radius 1 is 0.895 bits per heavy atom. The summed E-state index contributed by atoms with van der Waals surface area (Å²) in [6.45, 7) is 1.40. The first-order valence-corrected chi connectivity index (χ1v) is 11.8. The van der Waals surface area contributed by atoms with Gasteiger partial charge in [-0.25, -0.2) is 4.79 Å². The molecule has 0 saturated carbocycles. The van der Waals surface area contributed by atoms with Crippen LogP contribution in [0.2, 0.25) is 0 Å². The third kappa shape index (κ3) is 8.89. The molecule has 1 heterocycles. The fourth-order valence-electron chi connectivity index (χ4n) is 3.66. The number of aromatic amines is 1. The van der Waals surface area contributed by atoms with Crippen LogP contribution in [0.3, 0.4) is 0 Å². The predicted molar refractivity (Wildman–Crippen MR) is 134 cm³/mol. The zero-order valence-corrected chi connectivity index (χ0v) is 20.7. The van der Waals surface area contributed by atoms with Crippen LogP contribution in [0.5, 0.6) is 0 Å². The molecule has 10 N–H and O–H groups in total. The number of rotatable bonds is 15. The highest BCUT2D eigenvalue weighted by Gasteiger charge is 2.28. The molecule has 4 atom stereocenters. The van der Waals surface area contributed by atoms with Crippen molar-refractivity contribution in [2.24, 2.45) is 11.5 Å². The van der Waals surface area contributed by atoms with Gasteiger partial charge < -0.3 is 42.6 Å². The Bertz CT molecular complexity index is 1190. The van der Waals surface area contributed by atoms with Gasteiger partial charge in [-0.15, -0.1) is 0 Å². The lowest BCUT2D eigenvalue weighted by Gasteiger charge is -2.22. The van der Waals surface area contributed by atoms with E-state index in [-0.39, 0.29) is 25.7 Å². The third-order valence-corrected chi connectivity index (χ3v) is 5.75. The molecular weight excluding hydrogens is 500 g/mol. The fourth-order valence-corrected chi connectivity index (χ4v) is 3.66. The van der Waals surface area contributed by atoms with Gasteiger partial charge in [0.2, 0.25) is 23.6 Å². The van der Waals surface area contributed by atoms with E-state index < -0.39 is 66.2 Å². The average molecular weight is 533 g/mol. The number of nitrogens with one attached hydrogen (secondary N) is 4. The Morgan fingerprint density at radius 3 is 2.13 bits per heavy atom. The number of hydrogen-bond donors (Lipinski definition) is 8. The van der Waals surface area contributed by atoms with Crippen molar-refractivity contribution < 1.29 is 39.0 Å². The highest BCUT2D eigenvalue weighted by Crippen LogP contribution is 2.19. The molecule has 0 unspecified atom stereocenters. The molecule has 0 aliphatic rings. The molecule has 206 valence electrons. The number of carboxylic acids is 2. The van der Waals surface area contributed by atoms with Gasteiger partial charge in [-0.1, -0.05) is 18.2 Å². The van der Waals surface area contributed by atoms with E-state index in [4.69, 9.17) is 16.6 Å². The summed E-state index contributed by atoms with van der Waals surface area (Å²) in [4.78, 5) is 74.8. The Kier molecular flexibility index (Phi) is 10.8. The molecule has 0 bridgehead atoms. The summed E-state index contributed by atoms with van der Waals surface area (Å²) >= 11 is 0. The van der Waals surface area contributed by atoms with E-state index in [0.29, 0.717) is 5.56 Å². The molecule has 0 aliphatic carbocycles. The molecule has 0 fully saturated rings. The standard InChI is InChI=1S/C24H32N6O8/c1-12(25)22(35)29-16(21(26)34)6-8-19(31)28-17(7-9-20(32)33)23(36)30-18(24(37)38)10-13-11-27-15-5-3-2-4-14(13)15/h2-5,11-12,16-18,27H,6-10,25H2,1H3,(H2,26,34)(H,28,31)(H,29,35)(H,30,36)(H,32,33)(H,37,38)/t12-,16+,17-,18-/m0/s1. The molecule has 4 amide bonds. The van der Waals surface area contributed by atoms with Gasteiger partial charge in [-0.3, -0.25) is 24.0 Å². The number of fused-ring (bicyclic) bond motifs is 1. The highest BCUT2D eigenvalue weighted by atomic mass is 16.4. The topological polar surface area (TPSA) is 247 Å². The van der Waals surface area contributed by atoms with Crippen molar-refractivity contribution in [1.29, 1.82) is 0 Å². The summed E-state index contributed by atoms with van der Waals surface area (Å²) in [5, 5.41) is 26.6. The average Bonchev–Trinajstić information content (AvgIpc) is 3.25. The second kappa shape index (κ2) is 13.7. The van der Waals surface area contributed by atoms with Crippen LogP contribution in [0, 0.1) is 0 Å². The maximum Gasteiger partial charge on any atom is 0.326 e. The number of hydrogen-bond acceptors (Lipinski definition) is 7. The first-order chi connectivity index (χ1) is 17.9. The van der Waals surface area contributed by atoms with Crippen LogP contribution in [0.4, 0.5) is 0 Å². The second-order valence-electron chi connectivity index (χ2n) is 8.81. The van der Waals surface area contributed by atoms with Crippen LogP contribution in [-0.4, -0.2) is 74.9 Å². The van der Waals surface area contributed by atoms with Gasteiger partial charge in [0, 0.05) is 36.4 Å². The van der Waals surface area contributed by atoms with Gasteiger partial charge in [0.25, 0.3) is 0 Å². The molecule has 1 aromatic heterocycles. The lowest BCUT2D eigenvalue weighted by Crippen LogP contribution is -2.53. The molecular formula is C24H32N6O8. The molecule has 0 saturated heterocycles. The molecule has 38 heavy (non-hydrogen) atoms. The number of nitrogens with two attached hydrogens (primary N) is 2. The van der Waals surface area contributed by atoms with Crippen molar-refractivity contribution >= 4 is 46.5 Å². The third-order valence-electron chi connectivity index (χ3n) is 5.75. The Balaban J connectivity index is 2.08. The van der Waals surface area contributed by atoms with Gasteiger partial charge in [-0.2, -0.15) is 0 Å². The van der Waals surface area contributed by atoms with Crippen molar-refractivity contribution in [3.05, 3.63) is 36.0 Å². The minimum absolute atomic E-state index is 0.0652. The summed E-state index contributed by atoms with van der Waals surface area (Å²) in [6.07, 6.45) is 0.229. The molecule has 14 heteroatoms. The van der Waals surface area contributed by atoms with Gasteiger partial charge in [0.05, 0.1) is 6.04 Å². The summed E-state index contributed by atoms with van der Waals surface area (Å²) in [5.41, 5.74) is 12.1. The van der Waals surface area contributed by atoms with Gasteiger partial charge in [-0.05, 0) is 31.4 Å². The zero-order chi connectivity index (χ0) is 28.4. The van der Waals surface area contributed by atoms with E-state index in [1.54, 1.807) is 18.3 Å². The van der Waals surface area contributed by atoms with Crippen LogP contribution in [0.1, 0.15) is 38.2 Å². The first-order valence-electron chi connectivity index (χ1n) is 11.8. The lowest BCUT2D eigenvalue weighted by atomic mass is 10.0. The summed E-state index contributed by atoms with van der Waals surface area (Å²) in [6, 6.07) is 2.37. The Labute approximate surface area is 217 Å². The van der Waals surface area contributed by atoms with Gasteiger partial charge in [0.1, 0.15) is 18.1 Å². The first kappa shape index (κ1) is 29.8. The predicted octanol–water partition coefficient (Wildman–Crippen LogP) is -1.27. The maximum atomic E-state index is 12.9. The van der Waals surface area contributed by atoms with E-state index in [9.17, 15) is 33.9 Å². The molecule has 14 nitrogen and oxygen atoms in total.